The van der Waals surface area contributed by atoms with Crippen LogP contribution in [0.15, 0.2) is 36.7 Å². The van der Waals surface area contributed by atoms with E-state index >= 15 is 0 Å². The van der Waals surface area contributed by atoms with E-state index in [4.69, 9.17) is 9.72 Å². The Kier molecular flexibility index (Phi) is 3.39. The first-order valence-electron chi connectivity index (χ1n) is 8.66. The quantitative estimate of drug-likeness (QED) is 0.550. The van der Waals surface area contributed by atoms with Gasteiger partial charge >= 0.3 is 0 Å². The van der Waals surface area contributed by atoms with Crippen molar-refractivity contribution in [1.29, 1.82) is 0 Å². The third-order valence-corrected chi connectivity index (χ3v) is 4.71. The number of hydrogen-bond acceptors (Lipinski definition) is 6. The van der Waals surface area contributed by atoms with E-state index in [9.17, 15) is 0 Å². The van der Waals surface area contributed by atoms with Crippen molar-refractivity contribution in [2.45, 2.75) is 13.0 Å². The van der Waals surface area contributed by atoms with Gasteiger partial charge in [0.05, 0.1) is 24.9 Å². The van der Waals surface area contributed by atoms with Gasteiger partial charge in [-0.05, 0) is 19.1 Å². The topological polar surface area (TPSA) is 73.4 Å². The number of ether oxygens (including phenoxy) is 1. The van der Waals surface area contributed by atoms with Crippen LogP contribution in [0.4, 0.5) is 5.95 Å². The van der Waals surface area contributed by atoms with E-state index in [0.717, 1.165) is 40.4 Å². The van der Waals surface area contributed by atoms with Crippen LogP contribution in [0.25, 0.3) is 16.6 Å². The molecule has 0 unspecified atom stereocenters. The van der Waals surface area contributed by atoms with E-state index in [0.29, 0.717) is 13.2 Å². The molecule has 1 atom stereocenters. The summed E-state index contributed by atoms with van der Waals surface area (Å²) in [6.07, 6.45) is 3.82. The van der Waals surface area contributed by atoms with Crippen LogP contribution in [-0.4, -0.2) is 49.1 Å². The van der Waals surface area contributed by atoms with Crippen molar-refractivity contribution >= 4 is 22.5 Å². The summed E-state index contributed by atoms with van der Waals surface area (Å²) in [5.74, 6) is 1.54. The minimum atomic E-state index is -0.0367. The Morgan fingerprint density at radius 1 is 1.19 bits per heavy atom. The summed E-state index contributed by atoms with van der Waals surface area (Å²) in [7, 11) is 1.91. The fourth-order valence-corrected chi connectivity index (χ4v) is 3.49. The number of rotatable bonds is 2. The van der Waals surface area contributed by atoms with E-state index in [1.54, 1.807) is 4.68 Å². The number of fused-ring (bicyclic) bond motifs is 3. The Balaban J connectivity index is 1.61. The van der Waals surface area contributed by atoms with E-state index in [-0.39, 0.29) is 6.10 Å². The van der Waals surface area contributed by atoms with Gasteiger partial charge in [-0.3, -0.25) is 4.68 Å². The largest absolute Gasteiger partial charge is 0.370 e. The first-order chi connectivity index (χ1) is 12.7. The van der Waals surface area contributed by atoms with Crippen molar-refractivity contribution in [3.8, 4) is 0 Å². The lowest BCUT2D eigenvalue weighted by Gasteiger charge is -2.33. The summed E-state index contributed by atoms with van der Waals surface area (Å²) in [6.45, 7) is 3.99. The maximum atomic E-state index is 5.97. The predicted octanol–water partition coefficient (Wildman–Crippen LogP) is 1.90. The van der Waals surface area contributed by atoms with Crippen molar-refractivity contribution in [2.75, 3.05) is 24.6 Å². The lowest BCUT2D eigenvalue weighted by Crippen LogP contribution is -2.40. The van der Waals surface area contributed by atoms with Crippen molar-refractivity contribution in [2.24, 2.45) is 7.05 Å². The molecule has 132 valence electrons. The predicted molar refractivity (Wildman–Crippen MR) is 97.1 cm³/mol. The second kappa shape index (κ2) is 5.77. The molecule has 0 bridgehead atoms. The Morgan fingerprint density at radius 3 is 2.92 bits per heavy atom. The monoisotopic (exact) mass is 349 g/mol. The Hall–Kier alpha value is -3.00. The minimum Gasteiger partial charge on any atom is -0.370 e. The van der Waals surface area contributed by atoms with Crippen LogP contribution in [-0.2, 0) is 11.8 Å². The van der Waals surface area contributed by atoms with Crippen LogP contribution < -0.4 is 4.90 Å². The molecule has 1 fully saturated rings. The van der Waals surface area contributed by atoms with Gasteiger partial charge in [0.2, 0.25) is 5.95 Å². The number of hydrogen-bond donors (Lipinski definition) is 0. The fourth-order valence-electron chi connectivity index (χ4n) is 3.49. The molecule has 0 aliphatic carbocycles. The number of benzene rings is 1. The third kappa shape index (κ3) is 2.41. The van der Waals surface area contributed by atoms with E-state index in [1.807, 2.05) is 55.1 Å². The first-order valence-corrected chi connectivity index (χ1v) is 8.66. The zero-order valence-electron chi connectivity index (χ0n) is 14.7. The summed E-state index contributed by atoms with van der Waals surface area (Å²) in [5.41, 5.74) is 2.84. The molecule has 3 aromatic heterocycles. The minimum absolute atomic E-state index is 0.0367. The van der Waals surface area contributed by atoms with E-state index in [1.165, 1.54) is 0 Å². The Morgan fingerprint density at radius 2 is 2.08 bits per heavy atom. The highest BCUT2D eigenvalue weighted by Crippen LogP contribution is 2.27. The summed E-state index contributed by atoms with van der Waals surface area (Å²) < 4.78 is 9.61. The maximum Gasteiger partial charge on any atom is 0.229 e. The van der Waals surface area contributed by atoms with Gasteiger partial charge in [-0.15, -0.1) is 5.10 Å². The van der Waals surface area contributed by atoms with Crippen molar-refractivity contribution in [3.05, 3.63) is 48.0 Å². The first kappa shape index (κ1) is 15.3. The van der Waals surface area contributed by atoms with Gasteiger partial charge in [0, 0.05) is 30.7 Å². The highest BCUT2D eigenvalue weighted by molar-refractivity contribution is 5.92. The molecular weight excluding hydrogens is 330 g/mol. The molecule has 0 spiro atoms. The number of anilines is 1. The maximum absolute atomic E-state index is 5.97. The van der Waals surface area contributed by atoms with Gasteiger partial charge < -0.3 is 9.64 Å². The molecule has 26 heavy (non-hydrogen) atoms. The number of aryl methyl sites for hydroxylation is 2. The van der Waals surface area contributed by atoms with Crippen molar-refractivity contribution in [3.63, 3.8) is 0 Å². The number of aromatic nitrogens is 6. The van der Waals surface area contributed by atoms with Crippen LogP contribution in [0.3, 0.4) is 0 Å². The third-order valence-electron chi connectivity index (χ3n) is 4.71. The fraction of sp³-hybridized carbons (Fsp3) is 0.333. The molecule has 4 aromatic rings. The molecular formula is C18H19N7O. The lowest BCUT2D eigenvalue weighted by atomic mass is 10.1. The normalized spacial score (nSPS) is 18.1. The molecule has 1 saturated heterocycles. The zero-order valence-corrected chi connectivity index (χ0v) is 14.7. The average Bonchev–Trinajstić information content (AvgIpc) is 3.26. The molecule has 4 heterocycles. The average molecular weight is 349 g/mol. The summed E-state index contributed by atoms with van der Waals surface area (Å²) >= 11 is 0. The highest BCUT2D eigenvalue weighted by atomic mass is 16.5. The standard InChI is InChI=1S/C18H19N7O/c1-12-20-17-14-5-3-4-6-15(14)21-18(25(17)22-12)24-7-8-26-16(11-24)13-9-19-23(2)10-13/h3-6,9-10,16H,7-8,11H2,1-2H3/t16-/m1/s1. The number of nitrogens with zero attached hydrogens (tertiary/aromatic N) is 7. The van der Waals surface area contributed by atoms with Gasteiger partial charge in [-0.2, -0.15) is 9.61 Å². The second-order valence-electron chi connectivity index (χ2n) is 6.58. The molecule has 1 aliphatic rings. The Bertz CT molecular complexity index is 1100. The van der Waals surface area contributed by atoms with Gasteiger partial charge in [0.25, 0.3) is 0 Å². The lowest BCUT2D eigenvalue weighted by molar-refractivity contribution is 0.0390. The molecule has 5 rings (SSSR count). The summed E-state index contributed by atoms with van der Waals surface area (Å²) in [5, 5.41) is 9.85. The molecule has 1 aromatic carbocycles. The zero-order chi connectivity index (χ0) is 17.7. The van der Waals surface area contributed by atoms with Gasteiger partial charge in [0.1, 0.15) is 11.9 Å². The summed E-state index contributed by atoms with van der Waals surface area (Å²) in [6, 6.07) is 8.05. The van der Waals surface area contributed by atoms with Crippen molar-refractivity contribution in [1.82, 2.24) is 29.4 Å². The van der Waals surface area contributed by atoms with Gasteiger partial charge in [-0.25, -0.2) is 9.97 Å². The number of morpholine rings is 1. The van der Waals surface area contributed by atoms with Crippen LogP contribution >= 0.6 is 0 Å². The van der Waals surface area contributed by atoms with Crippen LogP contribution in [0, 0.1) is 6.92 Å². The van der Waals surface area contributed by atoms with E-state index < -0.39 is 0 Å². The van der Waals surface area contributed by atoms with Gasteiger partial charge in [-0.1, -0.05) is 12.1 Å². The van der Waals surface area contributed by atoms with E-state index in [2.05, 4.69) is 20.1 Å². The summed E-state index contributed by atoms with van der Waals surface area (Å²) in [4.78, 5) is 11.7. The van der Waals surface area contributed by atoms with Crippen LogP contribution in [0.5, 0.6) is 0 Å². The SMILES string of the molecule is Cc1nc2c3ccccc3nc(N3CCO[C@@H](c4cnn(C)c4)C3)n2n1. The molecule has 0 amide bonds. The molecule has 0 radical (unpaired) electrons. The molecule has 0 saturated carbocycles. The number of para-hydroxylation sites is 1. The van der Waals surface area contributed by atoms with Gasteiger partial charge in [0.15, 0.2) is 5.65 Å². The second-order valence-corrected chi connectivity index (χ2v) is 6.58. The van der Waals surface area contributed by atoms with Crippen LogP contribution in [0.1, 0.15) is 17.5 Å². The van der Waals surface area contributed by atoms with Crippen molar-refractivity contribution < 1.29 is 4.74 Å². The Labute approximate surface area is 150 Å². The smallest absolute Gasteiger partial charge is 0.229 e. The van der Waals surface area contributed by atoms with Crippen LogP contribution in [0.2, 0.25) is 0 Å². The highest BCUT2D eigenvalue weighted by Gasteiger charge is 2.26. The molecule has 8 nitrogen and oxygen atoms in total. The molecule has 1 aliphatic heterocycles. The molecule has 0 N–H and O–H groups in total. The molecule has 8 heteroatoms.